The first-order valence-corrected chi connectivity index (χ1v) is 4.43. The number of rotatable bonds is 3. The van der Waals surface area contributed by atoms with Gasteiger partial charge in [0.25, 0.3) is 0 Å². The number of alkyl halides is 3. The van der Waals surface area contributed by atoms with Gasteiger partial charge in [0.2, 0.25) is 5.88 Å². The number of ether oxygens (including phenoxy) is 1. The molecule has 0 aliphatic heterocycles. The number of aliphatic hydroxyl groups excluding tert-OH is 1. The van der Waals surface area contributed by atoms with Crippen LogP contribution < -0.4 is 10.5 Å². The van der Waals surface area contributed by atoms with E-state index in [9.17, 15) is 13.2 Å². The highest BCUT2D eigenvalue weighted by molar-refractivity contribution is 5.33. The zero-order chi connectivity index (χ0) is 12.3. The number of nitrogens with two attached hydrogens (primary N) is 1. The molecule has 0 aromatic carbocycles. The Hall–Kier alpha value is -1.34. The molecule has 0 aliphatic rings. The molecule has 0 aliphatic carbocycles. The molecule has 3 N–H and O–H groups in total. The number of hydrogen-bond acceptors (Lipinski definition) is 4. The molecule has 0 unspecified atom stereocenters. The van der Waals surface area contributed by atoms with Gasteiger partial charge < -0.3 is 15.6 Å². The number of aromatic nitrogens is 1. The quantitative estimate of drug-likeness (QED) is 0.828. The molecule has 1 heterocycles. The van der Waals surface area contributed by atoms with Crippen molar-refractivity contribution in [2.75, 3.05) is 0 Å². The van der Waals surface area contributed by atoms with Crippen molar-refractivity contribution >= 4 is 0 Å². The van der Waals surface area contributed by atoms with Crippen molar-refractivity contribution in [3.8, 4) is 5.88 Å². The first-order valence-electron chi connectivity index (χ1n) is 4.43. The molecule has 7 heteroatoms. The summed E-state index contributed by atoms with van der Waals surface area (Å²) >= 11 is 0. The van der Waals surface area contributed by atoms with Crippen LogP contribution in [0.15, 0.2) is 6.07 Å². The van der Waals surface area contributed by atoms with Gasteiger partial charge in [-0.15, -0.1) is 13.2 Å². The molecular weight excluding hydrogens is 225 g/mol. The minimum absolute atomic E-state index is 0.0637. The molecule has 0 saturated heterocycles. The van der Waals surface area contributed by atoms with E-state index in [4.69, 9.17) is 10.8 Å². The van der Waals surface area contributed by atoms with E-state index in [-0.39, 0.29) is 18.8 Å². The second kappa shape index (κ2) is 4.67. The lowest BCUT2D eigenvalue weighted by atomic mass is 10.1. The van der Waals surface area contributed by atoms with E-state index in [2.05, 4.69) is 9.72 Å². The molecule has 0 atom stereocenters. The Morgan fingerprint density at radius 3 is 2.56 bits per heavy atom. The Labute approximate surface area is 89.9 Å². The van der Waals surface area contributed by atoms with Crippen molar-refractivity contribution < 1.29 is 23.0 Å². The molecule has 0 radical (unpaired) electrons. The third-order valence-corrected chi connectivity index (χ3v) is 1.98. The summed E-state index contributed by atoms with van der Waals surface area (Å²) in [6.45, 7) is 1.17. The van der Waals surface area contributed by atoms with Crippen LogP contribution in [0.3, 0.4) is 0 Å². The summed E-state index contributed by atoms with van der Waals surface area (Å²) in [6, 6.07) is 1.11. The summed E-state index contributed by atoms with van der Waals surface area (Å²) in [4.78, 5) is 3.58. The van der Waals surface area contributed by atoms with E-state index >= 15 is 0 Å². The van der Waals surface area contributed by atoms with Crippen LogP contribution in [0.1, 0.15) is 16.8 Å². The lowest BCUT2D eigenvalue weighted by molar-refractivity contribution is -0.276. The zero-order valence-corrected chi connectivity index (χ0v) is 8.51. The van der Waals surface area contributed by atoms with Crippen molar-refractivity contribution in [2.24, 2.45) is 5.73 Å². The van der Waals surface area contributed by atoms with Gasteiger partial charge in [0, 0.05) is 18.2 Å². The van der Waals surface area contributed by atoms with Crippen LogP contribution >= 0.6 is 0 Å². The number of nitrogens with zero attached hydrogens (tertiary/aromatic N) is 1. The largest absolute Gasteiger partial charge is 0.574 e. The van der Waals surface area contributed by atoms with E-state index in [0.717, 1.165) is 6.07 Å². The van der Waals surface area contributed by atoms with Crippen molar-refractivity contribution in [3.63, 3.8) is 0 Å². The van der Waals surface area contributed by atoms with Gasteiger partial charge in [0.15, 0.2) is 0 Å². The van der Waals surface area contributed by atoms with Crippen LogP contribution in [-0.2, 0) is 13.2 Å². The smallest absolute Gasteiger partial charge is 0.392 e. The number of pyridine rings is 1. The number of halogens is 3. The average Bonchev–Trinajstić information content (AvgIpc) is 2.14. The molecule has 1 aromatic heterocycles. The van der Waals surface area contributed by atoms with Gasteiger partial charge in [-0.3, -0.25) is 0 Å². The monoisotopic (exact) mass is 236 g/mol. The highest BCUT2D eigenvalue weighted by Crippen LogP contribution is 2.24. The van der Waals surface area contributed by atoms with E-state index in [0.29, 0.717) is 11.1 Å². The van der Waals surface area contributed by atoms with Crippen molar-refractivity contribution in [3.05, 3.63) is 22.9 Å². The minimum atomic E-state index is -4.79. The number of aryl methyl sites for hydroxylation is 1. The Morgan fingerprint density at radius 1 is 1.50 bits per heavy atom. The summed E-state index contributed by atoms with van der Waals surface area (Å²) in [7, 11) is 0. The summed E-state index contributed by atoms with van der Waals surface area (Å²) in [5, 5.41) is 9.00. The van der Waals surface area contributed by atoms with Crippen LogP contribution in [0.4, 0.5) is 13.2 Å². The molecule has 16 heavy (non-hydrogen) atoms. The van der Waals surface area contributed by atoms with Crippen LogP contribution in [0.2, 0.25) is 0 Å². The molecule has 0 bridgehead atoms. The van der Waals surface area contributed by atoms with Crippen LogP contribution in [-0.4, -0.2) is 16.5 Å². The van der Waals surface area contributed by atoms with Gasteiger partial charge in [0.1, 0.15) is 0 Å². The predicted octanol–water partition coefficient (Wildman–Crippen LogP) is 1.24. The lowest BCUT2D eigenvalue weighted by Crippen LogP contribution is -2.19. The third-order valence-electron chi connectivity index (χ3n) is 1.98. The standard InChI is InChI=1S/C9H11F3N2O2/c1-5-2-8(16-9(10,11)12)14-7(3-13)6(5)4-15/h2,15H,3-4,13H2,1H3. The molecule has 4 nitrogen and oxygen atoms in total. The van der Waals surface area contributed by atoms with Gasteiger partial charge in [-0.1, -0.05) is 0 Å². The number of aliphatic hydroxyl groups is 1. The summed E-state index contributed by atoms with van der Waals surface area (Å²) in [6.07, 6.45) is -4.79. The van der Waals surface area contributed by atoms with Gasteiger partial charge in [-0.05, 0) is 12.5 Å². The SMILES string of the molecule is Cc1cc(OC(F)(F)F)nc(CN)c1CO. The Bertz CT molecular complexity index is 380. The van der Waals surface area contributed by atoms with E-state index in [1.54, 1.807) is 6.92 Å². The predicted molar refractivity (Wildman–Crippen MR) is 49.5 cm³/mol. The van der Waals surface area contributed by atoms with Crippen LogP contribution in [0.25, 0.3) is 0 Å². The van der Waals surface area contributed by atoms with Crippen molar-refractivity contribution in [1.29, 1.82) is 0 Å². The van der Waals surface area contributed by atoms with Gasteiger partial charge >= 0.3 is 6.36 Å². The van der Waals surface area contributed by atoms with E-state index < -0.39 is 12.2 Å². The Balaban J connectivity index is 3.10. The van der Waals surface area contributed by atoms with Crippen molar-refractivity contribution in [1.82, 2.24) is 4.98 Å². The fraction of sp³-hybridized carbons (Fsp3) is 0.444. The topological polar surface area (TPSA) is 68.4 Å². The molecule has 90 valence electrons. The lowest BCUT2D eigenvalue weighted by Gasteiger charge is -2.13. The molecular formula is C9H11F3N2O2. The summed E-state index contributed by atoms with van der Waals surface area (Å²) in [5.74, 6) is -0.567. The molecule has 0 fully saturated rings. The van der Waals surface area contributed by atoms with Gasteiger partial charge in [-0.2, -0.15) is 0 Å². The third kappa shape index (κ3) is 3.07. The molecule has 1 rings (SSSR count). The first-order chi connectivity index (χ1) is 7.37. The van der Waals surface area contributed by atoms with Crippen molar-refractivity contribution in [2.45, 2.75) is 26.4 Å². The maximum absolute atomic E-state index is 11.9. The van der Waals surface area contributed by atoms with E-state index in [1.807, 2.05) is 0 Å². The minimum Gasteiger partial charge on any atom is -0.392 e. The molecule has 1 aromatic rings. The normalized spacial score (nSPS) is 11.6. The summed E-state index contributed by atoms with van der Waals surface area (Å²) in [5.41, 5.74) is 6.40. The molecule has 0 amide bonds. The molecule has 0 saturated carbocycles. The van der Waals surface area contributed by atoms with Crippen LogP contribution in [0.5, 0.6) is 5.88 Å². The summed E-state index contributed by atoms with van der Waals surface area (Å²) < 4.78 is 39.5. The van der Waals surface area contributed by atoms with Gasteiger partial charge in [0.05, 0.1) is 12.3 Å². The maximum atomic E-state index is 11.9. The Morgan fingerprint density at radius 2 is 2.12 bits per heavy atom. The molecule has 0 spiro atoms. The fourth-order valence-electron chi connectivity index (χ4n) is 1.29. The second-order valence-corrected chi connectivity index (χ2v) is 3.11. The van der Waals surface area contributed by atoms with Gasteiger partial charge in [-0.25, -0.2) is 4.98 Å². The number of hydrogen-bond donors (Lipinski definition) is 2. The highest BCUT2D eigenvalue weighted by atomic mass is 19.4. The first kappa shape index (κ1) is 12.7. The average molecular weight is 236 g/mol. The fourth-order valence-corrected chi connectivity index (χ4v) is 1.29. The highest BCUT2D eigenvalue weighted by Gasteiger charge is 2.32. The van der Waals surface area contributed by atoms with E-state index in [1.165, 1.54) is 0 Å². The second-order valence-electron chi connectivity index (χ2n) is 3.11. The Kier molecular flexibility index (Phi) is 3.71. The maximum Gasteiger partial charge on any atom is 0.574 e. The van der Waals surface area contributed by atoms with Crippen LogP contribution in [0, 0.1) is 6.92 Å². The zero-order valence-electron chi connectivity index (χ0n) is 8.51.